The highest BCUT2D eigenvalue weighted by Crippen LogP contribution is 2.28. The lowest BCUT2D eigenvalue weighted by atomic mass is 9.94. The molecule has 0 spiro atoms. The summed E-state index contributed by atoms with van der Waals surface area (Å²) in [6, 6.07) is 9.03. The van der Waals surface area contributed by atoms with E-state index in [1.54, 1.807) is 28.9 Å². The second-order valence-corrected chi connectivity index (χ2v) is 5.13. The number of hydrogen-bond donors (Lipinski definition) is 1. The largest absolute Gasteiger partial charge is 0.481 e. The molecule has 1 aromatic heterocycles. The molecule has 0 amide bonds. The molecule has 1 N–H and O–H groups in total. The minimum atomic E-state index is -0.877. The van der Waals surface area contributed by atoms with Crippen LogP contribution in [-0.2, 0) is 24.7 Å². The first kappa shape index (κ1) is 14.6. The molecule has 4 nitrogen and oxygen atoms in total. The number of benzene rings is 1. The zero-order chi connectivity index (χ0) is 14.7. The second-order valence-electron chi connectivity index (χ2n) is 4.72. The molecule has 1 unspecified atom stereocenters. The van der Waals surface area contributed by atoms with Crippen LogP contribution < -0.4 is 0 Å². The zero-order valence-corrected chi connectivity index (χ0v) is 12.3. The van der Waals surface area contributed by atoms with Gasteiger partial charge in [-0.25, -0.2) is 0 Å². The standard InChI is InChI=1S/C15H17ClN2O2/c1-3-10-8-11(18(2)17-10)9-13(15(19)20)12-6-4-5-7-14(12)16/h4-8,13H,3,9H2,1-2H3,(H,19,20). The Kier molecular flexibility index (Phi) is 4.45. The number of carboxylic acid groups (broad SMARTS) is 1. The van der Waals surface area contributed by atoms with Crippen LogP contribution in [0.25, 0.3) is 0 Å². The first-order valence-electron chi connectivity index (χ1n) is 6.52. The van der Waals surface area contributed by atoms with Crippen LogP contribution >= 0.6 is 11.6 Å². The van der Waals surface area contributed by atoms with Gasteiger partial charge in [0.2, 0.25) is 0 Å². The number of aliphatic carboxylic acids is 1. The number of rotatable bonds is 5. The predicted octanol–water partition coefficient (Wildman–Crippen LogP) is 3.05. The Morgan fingerprint density at radius 3 is 2.70 bits per heavy atom. The highest BCUT2D eigenvalue weighted by molar-refractivity contribution is 6.31. The van der Waals surface area contributed by atoms with E-state index in [-0.39, 0.29) is 0 Å². The third-order valence-electron chi connectivity index (χ3n) is 3.38. The van der Waals surface area contributed by atoms with E-state index < -0.39 is 11.9 Å². The summed E-state index contributed by atoms with van der Waals surface area (Å²) in [5.41, 5.74) is 2.50. The number of carbonyl (C=O) groups is 1. The summed E-state index contributed by atoms with van der Waals surface area (Å²) in [5.74, 6) is -1.54. The minimum absolute atomic E-state index is 0.378. The fraction of sp³-hybridized carbons (Fsp3) is 0.333. The van der Waals surface area contributed by atoms with Gasteiger partial charge in [0.25, 0.3) is 0 Å². The Morgan fingerprint density at radius 1 is 1.45 bits per heavy atom. The van der Waals surface area contributed by atoms with E-state index in [2.05, 4.69) is 5.10 Å². The molecule has 1 heterocycles. The lowest BCUT2D eigenvalue weighted by molar-refractivity contribution is -0.138. The molecule has 1 aromatic carbocycles. The SMILES string of the molecule is CCc1cc(CC(C(=O)O)c2ccccc2Cl)n(C)n1. The van der Waals surface area contributed by atoms with E-state index >= 15 is 0 Å². The third-order valence-corrected chi connectivity index (χ3v) is 3.73. The molecule has 2 aromatic rings. The van der Waals surface area contributed by atoms with Crippen molar-refractivity contribution in [3.05, 3.63) is 52.3 Å². The topological polar surface area (TPSA) is 55.1 Å². The molecule has 5 heteroatoms. The summed E-state index contributed by atoms with van der Waals surface area (Å²) in [6.45, 7) is 2.02. The van der Waals surface area contributed by atoms with Gasteiger partial charge in [-0.3, -0.25) is 9.48 Å². The number of halogens is 1. The summed E-state index contributed by atoms with van der Waals surface area (Å²) in [6.07, 6.45) is 1.21. The van der Waals surface area contributed by atoms with E-state index in [4.69, 9.17) is 11.6 Å². The van der Waals surface area contributed by atoms with E-state index in [9.17, 15) is 9.90 Å². The molecule has 2 rings (SSSR count). The molecule has 0 bridgehead atoms. The Hall–Kier alpha value is -1.81. The van der Waals surface area contributed by atoms with Crippen molar-refractivity contribution >= 4 is 17.6 Å². The van der Waals surface area contributed by atoms with Crippen LogP contribution in [0.15, 0.2) is 30.3 Å². The summed E-state index contributed by atoms with van der Waals surface area (Å²) in [4.78, 5) is 11.6. The van der Waals surface area contributed by atoms with Crippen LogP contribution in [0.5, 0.6) is 0 Å². The van der Waals surface area contributed by atoms with Crippen molar-refractivity contribution in [1.29, 1.82) is 0 Å². The van der Waals surface area contributed by atoms with Gasteiger partial charge >= 0.3 is 5.97 Å². The van der Waals surface area contributed by atoms with Gasteiger partial charge in [-0.2, -0.15) is 5.10 Å². The summed E-state index contributed by atoms with van der Waals surface area (Å²) < 4.78 is 1.74. The van der Waals surface area contributed by atoms with Crippen molar-refractivity contribution in [2.75, 3.05) is 0 Å². The number of aromatic nitrogens is 2. The number of carboxylic acids is 1. The average molecular weight is 293 g/mol. The maximum Gasteiger partial charge on any atom is 0.311 e. The minimum Gasteiger partial charge on any atom is -0.481 e. The van der Waals surface area contributed by atoms with Crippen LogP contribution in [0.2, 0.25) is 5.02 Å². The van der Waals surface area contributed by atoms with Crippen molar-refractivity contribution in [2.45, 2.75) is 25.7 Å². The maximum absolute atomic E-state index is 11.6. The Balaban J connectivity index is 2.33. The fourth-order valence-electron chi connectivity index (χ4n) is 2.23. The predicted molar refractivity (Wildman–Crippen MR) is 78.1 cm³/mol. The monoisotopic (exact) mass is 292 g/mol. The molecular weight excluding hydrogens is 276 g/mol. The van der Waals surface area contributed by atoms with Crippen LogP contribution in [0, 0.1) is 0 Å². The lowest BCUT2D eigenvalue weighted by Crippen LogP contribution is -2.16. The summed E-state index contributed by atoms with van der Waals surface area (Å²) >= 11 is 6.12. The van der Waals surface area contributed by atoms with Crippen LogP contribution in [-0.4, -0.2) is 20.9 Å². The molecule has 0 radical (unpaired) electrons. The highest BCUT2D eigenvalue weighted by Gasteiger charge is 2.24. The van der Waals surface area contributed by atoms with E-state index in [1.807, 2.05) is 20.0 Å². The maximum atomic E-state index is 11.6. The highest BCUT2D eigenvalue weighted by atomic mass is 35.5. The fourth-order valence-corrected chi connectivity index (χ4v) is 2.50. The number of hydrogen-bond acceptors (Lipinski definition) is 2. The van der Waals surface area contributed by atoms with Gasteiger partial charge in [-0.15, -0.1) is 0 Å². The average Bonchev–Trinajstić information content (AvgIpc) is 2.77. The van der Waals surface area contributed by atoms with Crippen molar-refractivity contribution in [3.63, 3.8) is 0 Å². The molecule has 20 heavy (non-hydrogen) atoms. The van der Waals surface area contributed by atoms with Crippen LogP contribution in [0.1, 0.15) is 29.8 Å². The van der Waals surface area contributed by atoms with Gasteiger partial charge in [0, 0.05) is 24.2 Å². The number of nitrogens with zero attached hydrogens (tertiary/aromatic N) is 2. The smallest absolute Gasteiger partial charge is 0.311 e. The molecular formula is C15H17ClN2O2. The van der Waals surface area contributed by atoms with Crippen molar-refractivity contribution in [3.8, 4) is 0 Å². The van der Waals surface area contributed by atoms with Crippen LogP contribution in [0.4, 0.5) is 0 Å². The third kappa shape index (κ3) is 3.02. The first-order chi connectivity index (χ1) is 9.52. The zero-order valence-electron chi connectivity index (χ0n) is 11.5. The van der Waals surface area contributed by atoms with Gasteiger partial charge in [-0.1, -0.05) is 36.7 Å². The molecule has 0 aliphatic rings. The Morgan fingerprint density at radius 2 is 2.15 bits per heavy atom. The molecule has 0 fully saturated rings. The van der Waals surface area contributed by atoms with Gasteiger partial charge in [0.1, 0.15) is 0 Å². The molecule has 0 aliphatic carbocycles. The molecule has 1 atom stereocenters. The Bertz CT molecular complexity index is 622. The second kappa shape index (κ2) is 6.09. The molecule has 106 valence electrons. The lowest BCUT2D eigenvalue weighted by Gasteiger charge is -2.14. The van der Waals surface area contributed by atoms with Gasteiger partial charge in [-0.05, 0) is 24.1 Å². The molecule has 0 saturated heterocycles. The quantitative estimate of drug-likeness (QED) is 0.921. The normalized spacial score (nSPS) is 12.3. The van der Waals surface area contributed by atoms with E-state index in [0.717, 1.165) is 17.8 Å². The Labute approximate surface area is 123 Å². The van der Waals surface area contributed by atoms with Crippen molar-refractivity contribution < 1.29 is 9.90 Å². The summed E-state index contributed by atoms with van der Waals surface area (Å²) in [5, 5.41) is 14.3. The van der Waals surface area contributed by atoms with Crippen molar-refractivity contribution in [1.82, 2.24) is 9.78 Å². The molecule has 0 aliphatic heterocycles. The van der Waals surface area contributed by atoms with Gasteiger partial charge in [0.15, 0.2) is 0 Å². The molecule has 0 saturated carbocycles. The van der Waals surface area contributed by atoms with E-state index in [0.29, 0.717) is 17.0 Å². The number of aryl methyl sites for hydroxylation is 2. The van der Waals surface area contributed by atoms with Gasteiger partial charge < -0.3 is 5.11 Å². The van der Waals surface area contributed by atoms with Crippen molar-refractivity contribution in [2.24, 2.45) is 7.05 Å². The first-order valence-corrected chi connectivity index (χ1v) is 6.89. The van der Waals surface area contributed by atoms with Gasteiger partial charge in [0.05, 0.1) is 11.6 Å². The summed E-state index contributed by atoms with van der Waals surface area (Å²) in [7, 11) is 1.83. The van der Waals surface area contributed by atoms with Crippen LogP contribution in [0.3, 0.4) is 0 Å². The van der Waals surface area contributed by atoms with E-state index in [1.165, 1.54) is 0 Å².